The zero-order chi connectivity index (χ0) is 23.3. The summed E-state index contributed by atoms with van der Waals surface area (Å²) in [7, 11) is 0. The van der Waals surface area contributed by atoms with E-state index in [1.54, 1.807) is 0 Å². The molecule has 174 valence electrons. The molecule has 3 aromatic rings. The van der Waals surface area contributed by atoms with Crippen molar-refractivity contribution in [2.45, 2.75) is 37.6 Å². The Hall–Kier alpha value is -3.14. The molecule has 0 amide bonds. The van der Waals surface area contributed by atoms with Gasteiger partial charge in [0.2, 0.25) is 0 Å². The van der Waals surface area contributed by atoms with E-state index in [0.29, 0.717) is 0 Å². The van der Waals surface area contributed by atoms with Crippen molar-refractivity contribution in [3.63, 3.8) is 0 Å². The van der Waals surface area contributed by atoms with Crippen LogP contribution in [0.5, 0.6) is 0 Å². The normalized spacial score (nSPS) is 22.5. The van der Waals surface area contributed by atoms with Crippen LogP contribution in [-0.2, 0) is 27.4 Å². The molecular weight excluding hydrogens is 432 g/mol. The molecule has 0 radical (unpaired) electrons. The molecule has 7 nitrogen and oxygen atoms in total. The SMILES string of the molecule is Nc1nc(=O)n([C@H]2C[C@H](OCc3ccccc3)[C@@](CF)(COCc3ccccc3)O2)cc1F. The fourth-order valence-electron chi connectivity index (χ4n) is 3.82. The molecule has 3 atom stereocenters. The van der Waals surface area contributed by atoms with E-state index in [9.17, 15) is 13.6 Å². The number of nitrogen functional groups attached to an aromatic ring is 1. The topological polar surface area (TPSA) is 88.6 Å². The Labute approximate surface area is 189 Å². The number of nitrogens with zero attached hydrogens (tertiary/aromatic N) is 2. The standard InChI is InChI=1S/C24H25F2N3O4/c25-15-24(16-31-13-17-7-3-1-4-8-17)20(32-14-18-9-5-2-6-10-18)11-21(33-24)29-12-19(26)22(27)28-23(29)30/h1-10,12,20-21H,11,13-16H2,(H2,27,28,30)/t20-,21+,24+/m0/s1. The van der Waals surface area contributed by atoms with Gasteiger partial charge in [-0.25, -0.2) is 13.6 Å². The van der Waals surface area contributed by atoms with Gasteiger partial charge in [0, 0.05) is 6.42 Å². The van der Waals surface area contributed by atoms with E-state index in [1.807, 2.05) is 60.7 Å². The van der Waals surface area contributed by atoms with Crippen molar-refractivity contribution in [1.29, 1.82) is 0 Å². The largest absolute Gasteiger partial charge is 0.381 e. The first-order valence-corrected chi connectivity index (χ1v) is 10.6. The lowest BCUT2D eigenvalue weighted by Gasteiger charge is -2.31. The average molecular weight is 457 g/mol. The minimum Gasteiger partial charge on any atom is -0.381 e. The number of hydrogen-bond donors (Lipinski definition) is 1. The van der Waals surface area contributed by atoms with E-state index >= 15 is 0 Å². The predicted octanol–water partition coefficient (Wildman–Crippen LogP) is 3.39. The van der Waals surface area contributed by atoms with Gasteiger partial charge in [-0.1, -0.05) is 60.7 Å². The predicted molar refractivity (Wildman–Crippen MR) is 117 cm³/mol. The maximum Gasteiger partial charge on any atom is 0.351 e. The van der Waals surface area contributed by atoms with Crippen molar-refractivity contribution in [2.75, 3.05) is 19.0 Å². The summed E-state index contributed by atoms with van der Waals surface area (Å²) in [5.74, 6) is -1.37. The lowest BCUT2D eigenvalue weighted by Crippen LogP contribution is -2.47. The summed E-state index contributed by atoms with van der Waals surface area (Å²) in [4.78, 5) is 15.8. The quantitative estimate of drug-likeness (QED) is 0.530. The van der Waals surface area contributed by atoms with E-state index in [0.717, 1.165) is 21.9 Å². The second-order valence-corrected chi connectivity index (χ2v) is 7.93. The maximum atomic E-state index is 14.5. The van der Waals surface area contributed by atoms with Gasteiger partial charge >= 0.3 is 5.69 Å². The molecule has 0 saturated carbocycles. The maximum absolute atomic E-state index is 14.5. The van der Waals surface area contributed by atoms with Crippen LogP contribution in [0.25, 0.3) is 0 Å². The number of ether oxygens (including phenoxy) is 3. The van der Waals surface area contributed by atoms with Gasteiger partial charge in [0.25, 0.3) is 0 Å². The molecule has 0 aliphatic carbocycles. The number of alkyl halides is 1. The minimum atomic E-state index is -1.48. The number of anilines is 1. The molecule has 2 N–H and O–H groups in total. The molecule has 1 aliphatic rings. The monoisotopic (exact) mass is 457 g/mol. The molecule has 1 aliphatic heterocycles. The molecule has 0 spiro atoms. The number of nitrogens with two attached hydrogens (primary N) is 1. The van der Waals surface area contributed by atoms with Crippen molar-refractivity contribution >= 4 is 5.82 Å². The molecule has 33 heavy (non-hydrogen) atoms. The van der Waals surface area contributed by atoms with E-state index in [-0.39, 0.29) is 26.2 Å². The van der Waals surface area contributed by atoms with E-state index in [1.165, 1.54) is 0 Å². The molecule has 2 aromatic carbocycles. The Morgan fingerprint density at radius 1 is 1.09 bits per heavy atom. The van der Waals surface area contributed by atoms with Crippen molar-refractivity contribution in [3.8, 4) is 0 Å². The highest BCUT2D eigenvalue weighted by Crippen LogP contribution is 2.39. The third-order valence-electron chi connectivity index (χ3n) is 5.60. The second-order valence-electron chi connectivity index (χ2n) is 7.93. The highest BCUT2D eigenvalue weighted by Gasteiger charge is 2.51. The molecule has 9 heteroatoms. The van der Waals surface area contributed by atoms with Crippen LogP contribution >= 0.6 is 0 Å². The fourth-order valence-corrected chi connectivity index (χ4v) is 3.82. The molecule has 1 aromatic heterocycles. The van der Waals surface area contributed by atoms with Gasteiger partial charge in [-0.3, -0.25) is 4.57 Å². The van der Waals surface area contributed by atoms with E-state index in [4.69, 9.17) is 19.9 Å². The van der Waals surface area contributed by atoms with E-state index in [2.05, 4.69) is 4.98 Å². The zero-order valence-corrected chi connectivity index (χ0v) is 17.9. The van der Waals surface area contributed by atoms with Gasteiger partial charge in [-0.05, 0) is 11.1 Å². The van der Waals surface area contributed by atoms with Gasteiger partial charge in [0.05, 0.1) is 32.1 Å². The Morgan fingerprint density at radius 2 is 1.73 bits per heavy atom. The number of aromatic nitrogens is 2. The molecule has 1 fully saturated rings. The summed E-state index contributed by atoms with van der Waals surface area (Å²) in [6.45, 7) is -0.573. The van der Waals surface area contributed by atoms with Crippen LogP contribution in [0.1, 0.15) is 23.8 Å². The molecule has 4 rings (SSSR count). The van der Waals surface area contributed by atoms with Crippen LogP contribution in [0.15, 0.2) is 71.7 Å². The summed E-state index contributed by atoms with van der Waals surface area (Å²) in [6.07, 6.45) is -0.716. The third kappa shape index (κ3) is 5.27. The number of rotatable bonds is 9. The van der Waals surface area contributed by atoms with Crippen molar-refractivity contribution in [2.24, 2.45) is 0 Å². The van der Waals surface area contributed by atoms with Crippen molar-refractivity contribution < 1.29 is 23.0 Å². The van der Waals surface area contributed by atoms with E-state index < -0.39 is 41.9 Å². The van der Waals surface area contributed by atoms with Gasteiger partial charge in [-0.15, -0.1) is 0 Å². The molecule has 0 unspecified atom stereocenters. The van der Waals surface area contributed by atoms with Crippen molar-refractivity contribution in [1.82, 2.24) is 9.55 Å². The molecular formula is C24H25F2N3O4. The molecule has 2 heterocycles. The van der Waals surface area contributed by atoms with Crippen molar-refractivity contribution in [3.05, 3.63) is 94.3 Å². The van der Waals surface area contributed by atoms with Crippen LogP contribution in [0, 0.1) is 5.82 Å². The Bertz CT molecular complexity index is 1110. The summed E-state index contributed by atoms with van der Waals surface area (Å²) >= 11 is 0. The summed E-state index contributed by atoms with van der Waals surface area (Å²) < 4.78 is 47.3. The van der Waals surface area contributed by atoms with Crippen LogP contribution in [0.3, 0.4) is 0 Å². The van der Waals surface area contributed by atoms with Gasteiger partial charge < -0.3 is 19.9 Å². The van der Waals surface area contributed by atoms with Gasteiger partial charge in [0.15, 0.2) is 11.6 Å². The Morgan fingerprint density at radius 3 is 2.36 bits per heavy atom. The van der Waals surface area contributed by atoms with Crippen LogP contribution in [0.2, 0.25) is 0 Å². The fraction of sp³-hybridized carbons (Fsp3) is 0.333. The molecule has 1 saturated heterocycles. The van der Waals surface area contributed by atoms with Crippen LogP contribution in [0.4, 0.5) is 14.6 Å². The zero-order valence-electron chi connectivity index (χ0n) is 17.9. The lowest BCUT2D eigenvalue weighted by molar-refractivity contribution is -0.165. The number of halogens is 2. The lowest BCUT2D eigenvalue weighted by atomic mass is 9.99. The Kier molecular flexibility index (Phi) is 7.12. The summed E-state index contributed by atoms with van der Waals surface area (Å²) in [5.41, 5.74) is 4.93. The highest BCUT2D eigenvalue weighted by atomic mass is 19.1. The van der Waals surface area contributed by atoms with Gasteiger partial charge in [-0.2, -0.15) is 4.98 Å². The smallest absolute Gasteiger partial charge is 0.351 e. The number of hydrogen-bond acceptors (Lipinski definition) is 6. The van der Waals surface area contributed by atoms with Crippen LogP contribution < -0.4 is 11.4 Å². The van der Waals surface area contributed by atoms with Gasteiger partial charge in [0.1, 0.15) is 18.5 Å². The average Bonchev–Trinajstić information content (AvgIpc) is 3.20. The Balaban J connectivity index is 1.55. The molecule has 0 bridgehead atoms. The van der Waals surface area contributed by atoms with Crippen LogP contribution in [-0.4, -0.2) is 34.5 Å². The number of benzene rings is 2. The highest BCUT2D eigenvalue weighted by molar-refractivity contribution is 5.26. The first kappa shape index (κ1) is 23.0. The summed E-state index contributed by atoms with van der Waals surface area (Å²) in [6, 6.07) is 18.9. The third-order valence-corrected chi connectivity index (χ3v) is 5.60. The summed E-state index contributed by atoms with van der Waals surface area (Å²) in [5, 5.41) is 0. The second kappa shape index (κ2) is 10.2. The first-order valence-electron chi connectivity index (χ1n) is 10.6. The first-order chi connectivity index (χ1) is 16.0. The minimum absolute atomic E-state index is 0.108.